The van der Waals surface area contributed by atoms with Gasteiger partial charge in [0.1, 0.15) is 5.78 Å². The lowest BCUT2D eigenvalue weighted by molar-refractivity contribution is -0.120. The fourth-order valence-corrected chi connectivity index (χ4v) is 1.96. The van der Waals surface area contributed by atoms with E-state index in [4.69, 9.17) is 0 Å². The van der Waals surface area contributed by atoms with Crippen molar-refractivity contribution in [1.82, 2.24) is 0 Å². The molecular formula is C10H22O2Si. The van der Waals surface area contributed by atoms with Crippen LogP contribution >= 0.6 is 0 Å². The first kappa shape index (κ1) is 12.8. The highest BCUT2D eigenvalue weighted by atomic mass is 28.4. The SMILES string of the molecule is CC(=O)[C@@H](C)CC(C)(C)[Si](C)(C)O. The molecule has 0 aliphatic heterocycles. The zero-order valence-corrected chi connectivity index (χ0v) is 10.6. The van der Waals surface area contributed by atoms with Gasteiger partial charge in [0, 0.05) is 5.92 Å². The third-order valence-electron chi connectivity index (χ3n) is 3.17. The molecule has 0 saturated heterocycles. The second-order valence-corrected chi connectivity index (χ2v) is 9.63. The molecule has 0 heterocycles. The van der Waals surface area contributed by atoms with E-state index in [1.165, 1.54) is 0 Å². The molecule has 2 nitrogen and oxygen atoms in total. The maximum atomic E-state index is 11.1. The Kier molecular flexibility index (Phi) is 3.88. The van der Waals surface area contributed by atoms with Crippen LogP contribution in [0.4, 0.5) is 0 Å². The highest BCUT2D eigenvalue weighted by molar-refractivity contribution is 6.72. The first-order valence-corrected chi connectivity index (χ1v) is 7.75. The predicted molar refractivity (Wildman–Crippen MR) is 58.2 cm³/mol. The normalized spacial score (nSPS) is 15.6. The standard InChI is InChI=1S/C10H22O2Si/c1-8(9(2)11)7-10(3,4)13(5,6)12/h8,12H,7H2,1-6H3/t8-/m0/s1. The van der Waals surface area contributed by atoms with Gasteiger partial charge in [-0.15, -0.1) is 0 Å². The molecule has 1 N–H and O–H groups in total. The molecule has 0 aliphatic carbocycles. The second-order valence-electron chi connectivity index (χ2n) is 5.16. The van der Waals surface area contributed by atoms with Gasteiger partial charge in [0.05, 0.1) is 0 Å². The van der Waals surface area contributed by atoms with Gasteiger partial charge in [-0.1, -0.05) is 20.8 Å². The molecule has 0 fully saturated rings. The first-order chi connectivity index (χ1) is 5.58. The van der Waals surface area contributed by atoms with E-state index < -0.39 is 8.32 Å². The monoisotopic (exact) mass is 202 g/mol. The van der Waals surface area contributed by atoms with E-state index in [0.29, 0.717) is 0 Å². The van der Waals surface area contributed by atoms with Crippen molar-refractivity contribution >= 4 is 14.1 Å². The minimum Gasteiger partial charge on any atom is -0.432 e. The van der Waals surface area contributed by atoms with Crippen molar-refractivity contribution < 1.29 is 9.59 Å². The van der Waals surface area contributed by atoms with E-state index in [2.05, 4.69) is 13.8 Å². The van der Waals surface area contributed by atoms with E-state index in [-0.39, 0.29) is 16.7 Å². The third-order valence-corrected chi connectivity index (χ3v) is 6.68. The lowest BCUT2D eigenvalue weighted by atomic mass is 9.95. The summed E-state index contributed by atoms with van der Waals surface area (Å²) < 4.78 is 0. The molecule has 13 heavy (non-hydrogen) atoms. The van der Waals surface area contributed by atoms with Crippen molar-refractivity contribution in [2.75, 3.05) is 0 Å². The molecule has 0 spiro atoms. The number of ketones is 1. The summed E-state index contributed by atoms with van der Waals surface area (Å²) in [7, 11) is -2.15. The molecule has 0 aliphatic rings. The fourth-order valence-electron chi connectivity index (χ4n) is 1.16. The highest BCUT2D eigenvalue weighted by Crippen LogP contribution is 2.41. The molecule has 0 aromatic carbocycles. The summed E-state index contributed by atoms with van der Waals surface area (Å²) in [6, 6.07) is 0. The Bertz CT molecular complexity index is 192. The van der Waals surface area contributed by atoms with Crippen molar-refractivity contribution in [2.45, 2.75) is 52.2 Å². The Morgan fingerprint density at radius 2 is 1.85 bits per heavy atom. The van der Waals surface area contributed by atoms with Gasteiger partial charge in [-0.05, 0) is 31.5 Å². The van der Waals surface area contributed by atoms with Crippen molar-refractivity contribution in [1.29, 1.82) is 0 Å². The molecule has 3 heteroatoms. The maximum Gasteiger partial charge on any atom is 0.188 e. The highest BCUT2D eigenvalue weighted by Gasteiger charge is 2.39. The molecule has 78 valence electrons. The molecule has 0 saturated carbocycles. The van der Waals surface area contributed by atoms with Crippen molar-refractivity contribution in [3.63, 3.8) is 0 Å². The van der Waals surface area contributed by atoms with Gasteiger partial charge in [-0.2, -0.15) is 0 Å². The average Bonchev–Trinajstić information content (AvgIpc) is 1.83. The summed E-state index contributed by atoms with van der Waals surface area (Å²) >= 11 is 0. The van der Waals surface area contributed by atoms with Crippen LogP contribution in [0.3, 0.4) is 0 Å². The number of hydrogen-bond donors (Lipinski definition) is 1. The first-order valence-electron chi connectivity index (χ1n) is 4.81. The number of hydrogen-bond acceptors (Lipinski definition) is 2. The zero-order valence-electron chi connectivity index (χ0n) is 9.64. The summed E-state index contributed by atoms with van der Waals surface area (Å²) in [6.45, 7) is 11.5. The molecule has 0 rings (SSSR count). The molecule has 0 unspecified atom stereocenters. The smallest absolute Gasteiger partial charge is 0.188 e. The second kappa shape index (κ2) is 3.92. The van der Waals surface area contributed by atoms with E-state index >= 15 is 0 Å². The summed E-state index contributed by atoms with van der Waals surface area (Å²) in [4.78, 5) is 21.1. The zero-order chi connectivity index (χ0) is 10.9. The van der Waals surface area contributed by atoms with Crippen molar-refractivity contribution in [3.05, 3.63) is 0 Å². The summed E-state index contributed by atoms with van der Waals surface area (Å²) in [5, 5.41) is -0.0852. The van der Waals surface area contributed by atoms with Gasteiger partial charge < -0.3 is 4.80 Å². The minimum absolute atomic E-state index is 0.0638. The number of carbonyl (C=O) groups is 1. The maximum absolute atomic E-state index is 11.1. The molecule has 0 radical (unpaired) electrons. The lowest BCUT2D eigenvalue weighted by Crippen LogP contribution is -2.40. The summed E-state index contributed by atoms with van der Waals surface area (Å²) in [6.07, 6.45) is 0.790. The van der Waals surface area contributed by atoms with Crippen LogP contribution in [-0.4, -0.2) is 18.9 Å². The fraction of sp³-hybridized carbons (Fsp3) is 0.900. The molecule has 0 amide bonds. The van der Waals surface area contributed by atoms with Gasteiger partial charge >= 0.3 is 0 Å². The quantitative estimate of drug-likeness (QED) is 0.711. The van der Waals surface area contributed by atoms with E-state index in [1.54, 1.807) is 6.92 Å². The van der Waals surface area contributed by atoms with Crippen LogP contribution in [-0.2, 0) is 4.79 Å². The average molecular weight is 202 g/mol. The van der Waals surface area contributed by atoms with Crippen LogP contribution in [0.15, 0.2) is 0 Å². The Labute approximate surface area is 82.5 Å². The van der Waals surface area contributed by atoms with Crippen LogP contribution in [0, 0.1) is 5.92 Å². The van der Waals surface area contributed by atoms with Gasteiger partial charge in [0.25, 0.3) is 0 Å². The van der Waals surface area contributed by atoms with Crippen molar-refractivity contribution in [3.8, 4) is 0 Å². The van der Waals surface area contributed by atoms with Crippen LogP contribution < -0.4 is 0 Å². The summed E-state index contributed by atoms with van der Waals surface area (Å²) in [5.41, 5.74) is 0. The topological polar surface area (TPSA) is 37.3 Å². The Morgan fingerprint density at radius 1 is 1.46 bits per heavy atom. The largest absolute Gasteiger partial charge is 0.432 e. The third kappa shape index (κ3) is 3.61. The van der Waals surface area contributed by atoms with Crippen LogP contribution in [0.1, 0.15) is 34.1 Å². The van der Waals surface area contributed by atoms with E-state index in [1.807, 2.05) is 20.0 Å². The number of Topliss-reactive ketones (excluding diaryl/α,β-unsaturated/α-hetero) is 1. The van der Waals surface area contributed by atoms with Gasteiger partial charge in [0.2, 0.25) is 0 Å². The lowest BCUT2D eigenvalue weighted by Gasteiger charge is -2.36. The van der Waals surface area contributed by atoms with Gasteiger partial charge in [-0.25, -0.2) is 0 Å². The summed E-state index contributed by atoms with van der Waals surface area (Å²) in [5.74, 6) is 0.278. The molecule has 0 bridgehead atoms. The Hall–Kier alpha value is -0.153. The van der Waals surface area contributed by atoms with E-state index in [0.717, 1.165) is 6.42 Å². The van der Waals surface area contributed by atoms with Crippen LogP contribution in [0.25, 0.3) is 0 Å². The number of rotatable bonds is 4. The van der Waals surface area contributed by atoms with Crippen molar-refractivity contribution in [2.24, 2.45) is 5.92 Å². The van der Waals surface area contributed by atoms with E-state index in [9.17, 15) is 9.59 Å². The molecule has 0 aromatic rings. The van der Waals surface area contributed by atoms with Crippen LogP contribution in [0.2, 0.25) is 18.1 Å². The molecule has 0 aromatic heterocycles. The van der Waals surface area contributed by atoms with Gasteiger partial charge in [0.15, 0.2) is 8.32 Å². The Morgan fingerprint density at radius 3 is 2.08 bits per heavy atom. The van der Waals surface area contributed by atoms with Gasteiger partial charge in [-0.3, -0.25) is 4.79 Å². The molecule has 1 atom stereocenters. The number of carbonyl (C=O) groups excluding carboxylic acids is 1. The Balaban J connectivity index is 4.43. The van der Waals surface area contributed by atoms with Crippen LogP contribution in [0.5, 0.6) is 0 Å². The minimum atomic E-state index is -2.15. The molecular weight excluding hydrogens is 180 g/mol. The predicted octanol–water partition coefficient (Wildman–Crippen LogP) is 2.58.